The molecular weight excluding hydrogens is 192 g/mol. The Kier molecular flexibility index (Phi) is 2.73. The molecule has 5 heteroatoms. The average Bonchev–Trinajstić information content (AvgIpc) is 2.66. The monoisotopic (exact) mass is 204 g/mol. The molecule has 0 amide bonds. The molecule has 2 aromatic rings. The molecule has 0 saturated carbocycles. The molecule has 0 saturated heterocycles. The Bertz CT molecular complexity index is 435. The van der Waals surface area contributed by atoms with E-state index in [-0.39, 0.29) is 0 Å². The minimum absolute atomic E-state index is 0.622. The van der Waals surface area contributed by atoms with Gasteiger partial charge in [0.15, 0.2) is 5.82 Å². The molecule has 78 valence electrons. The van der Waals surface area contributed by atoms with E-state index in [9.17, 15) is 0 Å². The summed E-state index contributed by atoms with van der Waals surface area (Å²) < 4.78 is 6.68. The molecule has 0 bridgehead atoms. The van der Waals surface area contributed by atoms with Crippen LogP contribution in [0.25, 0.3) is 11.4 Å². The summed E-state index contributed by atoms with van der Waals surface area (Å²) >= 11 is 0. The second-order valence-corrected chi connectivity index (χ2v) is 3.26. The molecule has 0 radical (unpaired) electrons. The molecule has 0 N–H and O–H groups in total. The van der Waals surface area contributed by atoms with Gasteiger partial charge in [-0.1, -0.05) is 24.3 Å². The van der Waals surface area contributed by atoms with Gasteiger partial charge in [0, 0.05) is 19.7 Å². The summed E-state index contributed by atoms with van der Waals surface area (Å²) in [6.45, 7) is 0.622. The summed E-state index contributed by atoms with van der Waals surface area (Å²) in [5, 5.41) is 11.3. The number of methoxy groups -OCH3 is 1. The minimum atomic E-state index is 0.622. The lowest BCUT2D eigenvalue weighted by Crippen LogP contribution is -1.95. The highest BCUT2D eigenvalue weighted by molar-refractivity contribution is 5.54. The summed E-state index contributed by atoms with van der Waals surface area (Å²) in [5.74, 6) is 0.763. The topological polar surface area (TPSA) is 52.8 Å². The van der Waals surface area contributed by atoms with E-state index in [0.29, 0.717) is 6.61 Å². The predicted octanol–water partition coefficient (Wildman–Crippen LogP) is 1.02. The van der Waals surface area contributed by atoms with Gasteiger partial charge in [-0.25, -0.2) is 4.68 Å². The van der Waals surface area contributed by atoms with E-state index >= 15 is 0 Å². The molecule has 0 aliphatic carbocycles. The highest BCUT2D eigenvalue weighted by Gasteiger charge is 2.04. The third-order valence-electron chi connectivity index (χ3n) is 2.14. The standard InChI is InChI=1S/C10H12N4O/c1-14-10(11-12-13-14)9-5-3-8(4-6-9)7-15-2/h3-6H,7H2,1-2H3. The van der Waals surface area contributed by atoms with Crippen LogP contribution < -0.4 is 0 Å². The first-order valence-electron chi connectivity index (χ1n) is 4.62. The Morgan fingerprint density at radius 3 is 2.53 bits per heavy atom. The highest BCUT2D eigenvalue weighted by atomic mass is 16.5. The van der Waals surface area contributed by atoms with Gasteiger partial charge >= 0.3 is 0 Å². The van der Waals surface area contributed by atoms with E-state index in [2.05, 4.69) is 15.5 Å². The molecule has 1 aromatic heterocycles. The summed E-state index contributed by atoms with van der Waals surface area (Å²) in [5.41, 5.74) is 2.14. The third kappa shape index (κ3) is 2.02. The van der Waals surface area contributed by atoms with Crippen LogP contribution in [0.5, 0.6) is 0 Å². The Hall–Kier alpha value is -1.75. The molecule has 0 spiro atoms. The van der Waals surface area contributed by atoms with Crippen molar-refractivity contribution in [1.82, 2.24) is 20.2 Å². The van der Waals surface area contributed by atoms with Crippen LogP contribution in [0.2, 0.25) is 0 Å². The molecule has 0 aliphatic heterocycles. The second-order valence-electron chi connectivity index (χ2n) is 3.26. The van der Waals surface area contributed by atoms with Gasteiger partial charge in [0.05, 0.1) is 6.61 Å². The van der Waals surface area contributed by atoms with Crippen molar-refractivity contribution in [3.05, 3.63) is 29.8 Å². The Balaban J connectivity index is 2.28. The van der Waals surface area contributed by atoms with Crippen molar-refractivity contribution >= 4 is 0 Å². The maximum absolute atomic E-state index is 5.04. The summed E-state index contributed by atoms with van der Waals surface area (Å²) in [6, 6.07) is 7.99. The van der Waals surface area contributed by atoms with Gasteiger partial charge in [0.2, 0.25) is 0 Å². The van der Waals surface area contributed by atoms with Gasteiger partial charge in [-0.05, 0) is 16.0 Å². The van der Waals surface area contributed by atoms with Crippen LogP contribution in [0.4, 0.5) is 0 Å². The first kappa shape index (κ1) is 9.79. The van der Waals surface area contributed by atoms with E-state index in [4.69, 9.17) is 4.74 Å². The normalized spacial score (nSPS) is 10.5. The van der Waals surface area contributed by atoms with Crippen molar-refractivity contribution in [2.75, 3.05) is 7.11 Å². The van der Waals surface area contributed by atoms with E-state index in [1.165, 1.54) is 0 Å². The Morgan fingerprint density at radius 2 is 2.00 bits per heavy atom. The van der Waals surface area contributed by atoms with E-state index in [0.717, 1.165) is 17.0 Å². The number of hydrogen-bond acceptors (Lipinski definition) is 4. The van der Waals surface area contributed by atoms with Crippen LogP contribution in [0, 0.1) is 0 Å². The molecule has 15 heavy (non-hydrogen) atoms. The highest BCUT2D eigenvalue weighted by Crippen LogP contribution is 2.15. The molecule has 0 fully saturated rings. The third-order valence-corrected chi connectivity index (χ3v) is 2.14. The van der Waals surface area contributed by atoms with Gasteiger partial charge in [-0.15, -0.1) is 5.10 Å². The van der Waals surface area contributed by atoms with Crippen LogP contribution in [0.3, 0.4) is 0 Å². The lowest BCUT2D eigenvalue weighted by atomic mass is 10.1. The van der Waals surface area contributed by atoms with E-state index < -0.39 is 0 Å². The second kappa shape index (κ2) is 4.18. The molecular formula is C10H12N4O. The number of benzene rings is 1. The number of rotatable bonds is 3. The van der Waals surface area contributed by atoms with Crippen molar-refractivity contribution in [3.63, 3.8) is 0 Å². The number of aryl methyl sites for hydroxylation is 1. The number of nitrogens with zero attached hydrogens (tertiary/aromatic N) is 4. The number of aromatic nitrogens is 4. The first-order chi connectivity index (χ1) is 7.31. The summed E-state index contributed by atoms with van der Waals surface area (Å²) in [7, 11) is 3.50. The van der Waals surface area contributed by atoms with Crippen molar-refractivity contribution in [2.24, 2.45) is 7.05 Å². The van der Waals surface area contributed by atoms with E-state index in [1.807, 2.05) is 31.3 Å². The molecule has 1 aromatic carbocycles. The molecule has 0 atom stereocenters. The lowest BCUT2D eigenvalue weighted by Gasteiger charge is -2.01. The van der Waals surface area contributed by atoms with Gasteiger partial charge < -0.3 is 4.74 Å². The molecule has 1 heterocycles. The Labute approximate surface area is 87.7 Å². The van der Waals surface area contributed by atoms with Crippen LogP contribution in [0.15, 0.2) is 24.3 Å². The zero-order chi connectivity index (χ0) is 10.7. The van der Waals surface area contributed by atoms with Crippen LogP contribution in [-0.4, -0.2) is 27.3 Å². The molecule has 0 unspecified atom stereocenters. The fourth-order valence-electron chi connectivity index (χ4n) is 1.39. The average molecular weight is 204 g/mol. The molecule has 0 aliphatic rings. The largest absolute Gasteiger partial charge is 0.380 e. The van der Waals surface area contributed by atoms with Gasteiger partial charge in [0.25, 0.3) is 0 Å². The van der Waals surface area contributed by atoms with Gasteiger partial charge in [-0.2, -0.15) is 0 Å². The summed E-state index contributed by atoms with van der Waals surface area (Å²) in [4.78, 5) is 0. The first-order valence-corrected chi connectivity index (χ1v) is 4.62. The van der Waals surface area contributed by atoms with Crippen molar-refractivity contribution in [3.8, 4) is 11.4 Å². The molecule has 5 nitrogen and oxygen atoms in total. The zero-order valence-corrected chi connectivity index (χ0v) is 8.71. The van der Waals surface area contributed by atoms with Crippen LogP contribution >= 0.6 is 0 Å². The molecule has 2 rings (SSSR count). The maximum atomic E-state index is 5.04. The Morgan fingerprint density at radius 1 is 1.27 bits per heavy atom. The van der Waals surface area contributed by atoms with Crippen LogP contribution in [-0.2, 0) is 18.4 Å². The van der Waals surface area contributed by atoms with Crippen molar-refractivity contribution in [1.29, 1.82) is 0 Å². The van der Waals surface area contributed by atoms with Crippen molar-refractivity contribution < 1.29 is 4.74 Å². The summed E-state index contributed by atoms with van der Waals surface area (Å²) in [6.07, 6.45) is 0. The number of ether oxygens (including phenoxy) is 1. The SMILES string of the molecule is COCc1ccc(-c2nnnn2C)cc1. The quantitative estimate of drug-likeness (QED) is 0.749. The predicted molar refractivity (Wildman–Crippen MR) is 54.9 cm³/mol. The zero-order valence-electron chi connectivity index (χ0n) is 8.71. The van der Waals surface area contributed by atoms with E-state index in [1.54, 1.807) is 11.8 Å². The van der Waals surface area contributed by atoms with Gasteiger partial charge in [0.1, 0.15) is 0 Å². The minimum Gasteiger partial charge on any atom is -0.380 e. The smallest absolute Gasteiger partial charge is 0.181 e. The van der Waals surface area contributed by atoms with Gasteiger partial charge in [-0.3, -0.25) is 0 Å². The number of hydrogen-bond donors (Lipinski definition) is 0. The maximum Gasteiger partial charge on any atom is 0.181 e. The fourth-order valence-corrected chi connectivity index (χ4v) is 1.39. The van der Waals surface area contributed by atoms with Crippen LogP contribution in [0.1, 0.15) is 5.56 Å². The van der Waals surface area contributed by atoms with Crippen molar-refractivity contribution in [2.45, 2.75) is 6.61 Å². The fraction of sp³-hybridized carbons (Fsp3) is 0.300. The lowest BCUT2D eigenvalue weighted by molar-refractivity contribution is 0.185. The number of tetrazole rings is 1.